The Morgan fingerprint density at radius 2 is 1.72 bits per heavy atom. The minimum absolute atomic E-state index is 0.138. The number of urea groups is 1. The van der Waals surface area contributed by atoms with Crippen molar-refractivity contribution < 1.29 is 9.59 Å². The largest absolute Gasteiger partial charge is 0.354 e. The second kappa shape index (κ2) is 11.1. The zero-order chi connectivity index (χ0) is 27.7. The summed E-state index contributed by atoms with van der Waals surface area (Å²) < 4.78 is 1.46. The van der Waals surface area contributed by atoms with E-state index in [1.54, 1.807) is 35.9 Å². The van der Waals surface area contributed by atoms with Crippen LogP contribution in [0.5, 0.6) is 0 Å². The van der Waals surface area contributed by atoms with Crippen molar-refractivity contribution in [2.45, 2.75) is 38.8 Å². The van der Waals surface area contributed by atoms with Gasteiger partial charge in [0.1, 0.15) is 5.82 Å². The molecule has 4 atom stereocenters. The fourth-order valence-electron chi connectivity index (χ4n) is 5.78. The van der Waals surface area contributed by atoms with Gasteiger partial charge in [-0.15, -0.1) is 0 Å². The average molecular weight is 537 g/mol. The van der Waals surface area contributed by atoms with Crippen LogP contribution in [0.3, 0.4) is 0 Å². The fourth-order valence-corrected chi connectivity index (χ4v) is 5.78. The smallest absolute Gasteiger partial charge is 0.338 e. The van der Waals surface area contributed by atoms with Crippen LogP contribution in [0.25, 0.3) is 5.69 Å². The van der Waals surface area contributed by atoms with Gasteiger partial charge in [-0.25, -0.2) is 9.59 Å². The van der Waals surface area contributed by atoms with Crippen LogP contribution < -0.4 is 27.4 Å². The lowest BCUT2D eigenvalue weighted by molar-refractivity contribution is -0.137. The highest BCUT2D eigenvalue weighted by molar-refractivity contribution is 5.89. The van der Waals surface area contributed by atoms with Gasteiger partial charge in [-0.05, 0) is 88.3 Å². The first-order chi connectivity index (χ1) is 18.6. The summed E-state index contributed by atoms with van der Waals surface area (Å²) >= 11 is 0. The molecule has 3 heterocycles. The van der Waals surface area contributed by atoms with Crippen LogP contribution >= 0.6 is 0 Å². The number of nitrogens with two attached hydrogens (primary N) is 1. The minimum Gasteiger partial charge on any atom is -0.338 e. The molecular weight excluding hydrogens is 496 g/mol. The molecule has 5 N–H and O–H groups in total. The Hall–Kier alpha value is -3.28. The summed E-state index contributed by atoms with van der Waals surface area (Å²) in [4.78, 5) is 45.1. The molecule has 11 heteroatoms. The quantitative estimate of drug-likeness (QED) is 0.388. The molecule has 0 bridgehead atoms. The van der Waals surface area contributed by atoms with Crippen LogP contribution in [0.15, 0.2) is 41.3 Å². The predicted octanol–water partition coefficient (Wildman–Crippen LogP) is 0.632. The van der Waals surface area contributed by atoms with Crippen LogP contribution in [0.1, 0.15) is 26.3 Å². The normalized spacial score (nSPS) is 23.3. The van der Waals surface area contributed by atoms with Crippen LogP contribution in [-0.4, -0.2) is 88.7 Å². The minimum atomic E-state index is -0.943. The van der Waals surface area contributed by atoms with Gasteiger partial charge in [0.2, 0.25) is 5.91 Å². The van der Waals surface area contributed by atoms with Gasteiger partial charge >= 0.3 is 11.7 Å². The van der Waals surface area contributed by atoms with Gasteiger partial charge in [0.05, 0.1) is 11.2 Å². The molecule has 3 aliphatic rings. The molecule has 210 valence electrons. The first kappa shape index (κ1) is 27.3. The number of piperidine rings is 1. The molecule has 0 radical (unpaired) electrons. The van der Waals surface area contributed by atoms with E-state index in [4.69, 9.17) is 5.73 Å². The van der Waals surface area contributed by atoms with Crippen LogP contribution in [0.4, 0.5) is 10.6 Å². The molecule has 2 aromatic rings. The molecule has 1 saturated carbocycles. The standard InChI is InChI=1S/C28H40N8O3/c1-18(31-17-23-21-15-30-16-22(21)23)14-19-4-6-20(7-5-19)36-9-8-24(33-27(36)39)32-26(38)35-12-10-34(11-13-35)25(37)28(2,3)29/h4-9,18,21-23,30-31H,10-17,29H2,1-3H3,(H,32,33,38,39)/t18?,21-,22?,23?/m0/s1. The number of anilines is 1. The molecule has 3 unspecified atom stereocenters. The Balaban J connectivity index is 1.11. The molecule has 1 aromatic carbocycles. The van der Waals surface area contributed by atoms with Gasteiger partial charge in [0.25, 0.3) is 0 Å². The molecule has 2 aliphatic heterocycles. The summed E-state index contributed by atoms with van der Waals surface area (Å²) in [7, 11) is 0. The molecule has 3 amide bonds. The number of rotatable bonds is 8. The Kier molecular flexibility index (Phi) is 7.75. The molecule has 11 nitrogen and oxygen atoms in total. The Bertz CT molecular complexity index is 1240. The highest BCUT2D eigenvalue weighted by Gasteiger charge is 2.52. The molecule has 3 fully saturated rings. The lowest BCUT2D eigenvalue weighted by atomic mass is 10.1. The lowest BCUT2D eigenvalue weighted by Gasteiger charge is -2.37. The van der Waals surface area contributed by atoms with Gasteiger partial charge in [-0.1, -0.05) is 12.1 Å². The number of hydrogen-bond acceptors (Lipinski definition) is 7. The summed E-state index contributed by atoms with van der Waals surface area (Å²) in [5.41, 5.74) is 6.42. The third kappa shape index (κ3) is 6.32. The number of carbonyl (C=O) groups is 2. The molecule has 1 aromatic heterocycles. The van der Waals surface area contributed by atoms with E-state index in [2.05, 4.69) is 27.9 Å². The van der Waals surface area contributed by atoms with E-state index in [0.29, 0.717) is 32.2 Å². The molecule has 2 saturated heterocycles. The Morgan fingerprint density at radius 1 is 1.08 bits per heavy atom. The third-order valence-corrected chi connectivity index (χ3v) is 8.17. The molecule has 39 heavy (non-hydrogen) atoms. The summed E-state index contributed by atoms with van der Waals surface area (Å²) in [6, 6.07) is 9.57. The number of amides is 3. The monoisotopic (exact) mass is 536 g/mol. The van der Waals surface area contributed by atoms with Crippen LogP contribution in [0.2, 0.25) is 0 Å². The second-order valence-electron chi connectivity index (χ2n) is 11.7. The maximum Gasteiger partial charge on any atom is 0.354 e. The van der Waals surface area contributed by atoms with Gasteiger partial charge in [0, 0.05) is 38.4 Å². The van der Waals surface area contributed by atoms with E-state index in [9.17, 15) is 14.4 Å². The highest BCUT2D eigenvalue weighted by atomic mass is 16.2. The fraction of sp³-hybridized carbons (Fsp3) is 0.571. The zero-order valence-corrected chi connectivity index (χ0v) is 23.0. The van der Waals surface area contributed by atoms with Crippen molar-refractivity contribution in [1.82, 2.24) is 30.0 Å². The van der Waals surface area contributed by atoms with Crippen molar-refractivity contribution in [3.63, 3.8) is 0 Å². The van der Waals surface area contributed by atoms with Crippen molar-refractivity contribution in [2.75, 3.05) is 51.1 Å². The maximum absolute atomic E-state index is 12.7. The van der Waals surface area contributed by atoms with Gasteiger partial charge in [-0.3, -0.25) is 14.7 Å². The maximum atomic E-state index is 12.7. The second-order valence-corrected chi connectivity index (χ2v) is 11.7. The first-order valence-electron chi connectivity index (χ1n) is 13.9. The number of nitrogens with one attached hydrogen (secondary N) is 3. The number of aromatic nitrogens is 2. The zero-order valence-electron chi connectivity index (χ0n) is 23.0. The predicted molar refractivity (Wildman–Crippen MR) is 150 cm³/mol. The van der Waals surface area contributed by atoms with Crippen molar-refractivity contribution in [3.8, 4) is 5.69 Å². The van der Waals surface area contributed by atoms with E-state index in [1.807, 2.05) is 24.3 Å². The summed E-state index contributed by atoms with van der Waals surface area (Å²) in [5, 5.41) is 9.82. The SMILES string of the molecule is CC(Cc1ccc(-n2ccc(NC(=O)N3CCN(C(=O)C(C)(C)N)CC3)nc2=O)cc1)NCC1C2CNC[C@@H]21. The number of fused-ring (bicyclic) bond motifs is 1. The van der Waals surface area contributed by atoms with Crippen molar-refractivity contribution in [2.24, 2.45) is 23.5 Å². The lowest BCUT2D eigenvalue weighted by Crippen LogP contribution is -2.58. The molecule has 0 spiro atoms. The summed E-state index contributed by atoms with van der Waals surface area (Å²) in [5.74, 6) is 2.61. The van der Waals surface area contributed by atoms with E-state index >= 15 is 0 Å². The van der Waals surface area contributed by atoms with Crippen molar-refractivity contribution in [3.05, 3.63) is 52.6 Å². The molecule has 1 aliphatic carbocycles. The van der Waals surface area contributed by atoms with E-state index in [0.717, 1.165) is 36.4 Å². The van der Waals surface area contributed by atoms with Crippen molar-refractivity contribution in [1.29, 1.82) is 0 Å². The van der Waals surface area contributed by atoms with Gasteiger partial charge in [-0.2, -0.15) is 4.98 Å². The van der Waals surface area contributed by atoms with Gasteiger partial charge < -0.3 is 26.2 Å². The Morgan fingerprint density at radius 3 is 2.33 bits per heavy atom. The Labute approximate surface area is 229 Å². The molecular formula is C28H40N8O3. The van der Waals surface area contributed by atoms with E-state index in [-0.39, 0.29) is 17.8 Å². The number of benzene rings is 1. The third-order valence-electron chi connectivity index (χ3n) is 8.17. The van der Waals surface area contributed by atoms with Gasteiger partial charge in [0.15, 0.2) is 0 Å². The summed E-state index contributed by atoms with van der Waals surface area (Å²) in [6.07, 6.45) is 2.54. The number of piperazine rings is 1. The molecule has 5 rings (SSSR count). The van der Waals surface area contributed by atoms with Crippen LogP contribution in [-0.2, 0) is 11.2 Å². The van der Waals surface area contributed by atoms with E-state index < -0.39 is 11.2 Å². The van der Waals surface area contributed by atoms with Crippen LogP contribution in [0, 0.1) is 17.8 Å². The average Bonchev–Trinajstić information content (AvgIpc) is 3.33. The van der Waals surface area contributed by atoms with Crippen molar-refractivity contribution >= 4 is 17.8 Å². The topological polar surface area (TPSA) is 138 Å². The summed E-state index contributed by atoms with van der Waals surface area (Å²) in [6.45, 7) is 10.6. The highest BCUT2D eigenvalue weighted by Crippen LogP contribution is 2.48. The number of carbonyl (C=O) groups excluding carboxylic acids is 2. The number of hydrogen-bond donors (Lipinski definition) is 4. The van der Waals surface area contributed by atoms with E-state index in [1.165, 1.54) is 23.2 Å². The first-order valence-corrected chi connectivity index (χ1v) is 13.9. The number of nitrogens with zero attached hydrogens (tertiary/aromatic N) is 4.